The van der Waals surface area contributed by atoms with Gasteiger partial charge in [0.05, 0.1) is 11.9 Å². The number of nitrogens with one attached hydrogen (secondary N) is 1. The quantitative estimate of drug-likeness (QED) is 0.486. The van der Waals surface area contributed by atoms with Crippen molar-refractivity contribution >= 4 is 23.4 Å². The van der Waals surface area contributed by atoms with Crippen LogP contribution in [0.2, 0.25) is 0 Å². The maximum Gasteiger partial charge on any atom is 0.242 e. The highest BCUT2D eigenvalue weighted by Crippen LogP contribution is 2.36. The molecular weight excluding hydrogens is 368 g/mol. The first-order chi connectivity index (χ1) is 13.8. The lowest BCUT2D eigenvalue weighted by Gasteiger charge is -2.17. The molecule has 2 aromatic heterocycles. The lowest BCUT2D eigenvalue weighted by atomic mass is 10.1. The second-order valence-electron chi connectivity index (χ2n) is 6.07. The molecule has 0 bridgehead atoms. The molecule has 138 valence electrons. The molecule has 0 fully saturated rings. The number of carbonyl (C=O) groups is 1. The van der Waals surface area contributed by atoms with Crippen LogP contribution in [0.25, 0.3) is 5.82 Å². The number of hydrogen-bond acceptors (Lipinski definition) is 4. The molecule has 0 aliphatic heterocycles. The third-order valence-corrected chi connectivity index (χ3v) is 5.36. The molecule has 0 unspecified atom stereocenters. The number of nitrogens with zero attached hydrogens (tertiary/aromatic N) is 3. The predicted molar refractivity (Wildman–Crippen MR) is 111 cm³/mol. The standard InChI is InChI=1S/C22H18N4OS/c27-22(25-18-12-13-20(23-16-18)26-15-7-14-24-26)21(17-8-3-1-4-9-17)28-19-10-5-2-6-11-19/h1-16,21H,(H,25,27)/t21-/m0/s1. The molecule has 6 heteroatoms. The molecule has 1 atom stereocenters. The summed E-state index contributed by atoms with van der Waals surface area (Å²) in [4.78, 5) is 18.5. The SMILES string of the molecule is O=C(Nc1ccc(-n2cccn2)nc1)[C@@H](Sc1ccccc1)c1ccccc1. The molecule has 28 heavy (non-hydrogen) atoms. The van der Waals surface area contributed by atoms with E-state index in [0.29, 0.717) is 11.5 Å². The van der Waals surface area contributed by atoms with Crippen LogP contribution in [0.5, 0.6) is 0 Å². The Labute approximate surface area is 167 Å². The minimum absolute atomic E-state index is 0.0892. The van der Waals surface area contributed by atoms with Crippen molar-refractivity contribution in [3.8, 4) is 5.82 Å². The zero-order chi connectivity index (χ0) is 19.2. The third kappa shape index (κ3) is 4.29. The average molecular weight is 386 g/mol. The molecule has 2 aromatic carbocycles. The molecule has 4 rings (SSSR count). The monoisotopic (exact) mass is 386 g/mol. The van der Waals surface area contributed by atoms with Gasteiger partial charge in [0.1, 0.15) is 5.25 Å². The molecule has 5 nitrogen and oxygen atoms in total. The summed E-state index contributed by atoms with van der Waals surface area (Å²) in [5.74, 6) is 0.606. The van der Waals surface area contributed by atoms with Crippen LogP contribution in [-0.2, 0) is 4.79 Å². The van der Waals surface area contributed by atoms with Gasteiger partial charge in [0, 0.05) is 17.3 Å². The van der Waals surface area contributed by atoms with Crippen molar-refractivity contribution < 1.29 is 4.79 Å². The van der Waals surface area contributed by atoms with Gasteiger partial charge in [-0.15, -0.1) is 11.8 Å². The van der Waals surface area contributed by atoms with Crippen molar-refractivity contribution in [1.82, 2.24) is 14.8 Å². The smallest absolute Gasteiger partial charge is 0.242 e. The summed E-state index contributed by atoms with van der Waals surface area (Å²) in [6.45, 7) is 0. The van der Waals surface area contributed by atoms with Crippen LogP contribution in [0.3, 0.4) is 0 Å². The number of amides is 1. The number of carbonyl (C=O) groups excluding carboxylic acids is 1. The number of benzene rings is 2. The van der Waals surface area contributed by atoms with Gasteiger partial charge in [-0.1, -0.05) is 48.5 Å². The van der Waals surface area contributed by atoms with Crippen LogP contribution in [0.4, 0.5) is 5.69 Å². The van der Waals surface area contributed by atoms with Gasteiger partial charge in [-0.25, -0.2) is 9.67 Å². The minimum Gasteiger partial charge on any atom is -0.323 e. The van der Waals surface area contributed by atoms with Gasteiger partial charge >= 0.3 is 0 Å². The molecule has 0 saturated carbocycles. The molecule has 0 aliphatic carbocycles. The topological polar surface area (TPSA) is 59.8 Å². The molecule has 0 radical (unpaired) electrons. The fourth-order valence-corrected chi connectivity index (χ4v) is 3.79. The van der Waals surface area contributed by atoms with E-state index in [1.807, 2.05) is 85.1 Å². The fourth-order valence-electron chi connectivity index (χ4n) is 2.74. The maximum absolute atomic E-state index is 13.1. The highest BCUT2D eigenvalue weighted by Gasteiger charge is 2.22. The van der Waals surface area contributed by atoms with E-state index in [1.54, 1.807) is 17.1 Å². The maximum atomic E-state index is 13.1. The summed E-state index contributed by atoms with van der Waals surface area (Å²) < 4.78 is 1.67. The predicted octanol–water partition coefficient (Wildman–Crippen LogP) is 4.74. The van der Waals surface area contributed by atoms with Gasteiger partial charge in [0.2, 0.25) is 5.91 Å². The van der Waals surface area contributed by atoms with Gasteiger partial charge in [-0.3, -0.25) is 4.79 Å². The van der Waals surface area contributed by atoms with Gasteiger partial charge in [0.25, 0.3) is 0 Å². The Morgan fingerprint density at radius 1 is 0.929 bits per heavy atom. The van der Waals surface area contributed by atoms with Crippen molar-refractivity contribution in [2.75, 3.05) is 5.32 Å². The zero-order valence-electron chi connectivity index (χ0n) is 15.0. The largest absolute Gasteiger partial charge is 0.323 e. The van der Waals surface area contributed by atoms with E-state index in [1.165, 1.54) is 11.8 Å². The van der Waals surface area contributed by atoms with Crippen molar-refractivity contribution in [3.05, 3.63) is 103 Å². The van der Waals surface area contributed by atoms with Crippen molar-refractivity contribution in [2.45, 2.75) is 10.1 Å². The first-order valence-corrected chi connectivity index (χ1v) is 9.71. The Balaban J connectivity index is 1.53. The lowest BCUT2D eigenvalue weighted by molar-refractivity contribution is -0.115. The molecule has 4 aromatic rings. The number of aromatic nitrogens is 3. The van der Waals surface area contributed by atoms with Crippen LogP contribution >= 0.6 is 11.8 Å². The van der Waals surface area contributed by atoms with Crippen molar-refractivity contribution in [1.29, 1.82) is 0 Å². The lowest BCUT2D eigenvalue weighted by Crippen LogP contribution is -2.19. The molecule has 2 heterocycles. The Morgan fingerprint density at radius 2 is 1.68 bits per heavy atom. The average Bonchev–Trinajstić information content (AvgIpc) is 3.29. The normalized spacial score (nSPS) is 11.7. The first kappa shape index (κ1) is 18.0. The summed E-state index contributed by atoms with van der Waals surface area (Å²) in [7, 11) is 0. The van der Waals surface area contributed by atoms with E-state index in [2.05, 4.69) is 15.4 Å². The first-order valence-electron chi connectivity index (χ1n) is 8.83. The van der Waals surface area contributed by atoms with Crippen LogP contribution in [0.15, 0.2) is 102 Å². The van der Waals surface area contributed by atoms with Crippen LogP contribution in [-0.4, -0.2) is 20.7 Å². The molecule has 0 saturated heterocycles. The number of pyridine rings is 1. The van der Waals surface area contributed by atoms with E-state index >= 15 is 0 Å². The molecule has 0 spiro atoms. The Kier molecular flexibility index (Phi) is 5.49. The summed E-state index contributed by atoms with van der Waals surface area (Å²) in [6.07, 6.45) is 5.16. The third-order valence-electron chi connectivity index (χ3n) is 4.09. The summed E-state index contributed by atoms with van der Waals surface area (Å²) in [5.41, 5.74) is 1.60. The van der Waals surface area contributed by atoms with Crippen LogP contribution in [0, 0.1) is 0 Å². The van der Waals surface area contributed by atoms with E-state index in [9.17, 15) is 4.79 Å². The van der Waals surface area contributed by atoms with Crippen LogP contribution < -0.4 is 5.32 Å². The van der Waals surface area contributed by atoms with Gasteiger partial charge in [-0.2, -0.15) is 5.10 Å². The second kappa shape index (κ2) is 8.54. The summed E-state index contributed by atoms with van der Waals surface area (Å²) >= 11 is 1.52. The van der Waals surface area contributed by atoms with Gasteiger partial charge < -0.3 is 5.32 Å². The second-order valence-corrected chi connectivity index (χ2v) is 7.25. The minimum atomic E-state index is -0.366. The number of anilines is 1. The fraction of sp³-hybridized carbons (Fsp3) is 0.0455. The number of thioether (sulfide) groups is 1. The highest BCUT2D eigenvalue weighted by atomic mass is 32.2. The Hall–Kier alpha value is -3.38. The van der Waals surface area contributed by atoms with Crippen molar-refractivity contribution in [3.63, 3.8) is 0 Å². The van der Waals surface area contributed by atoms with Crippen LogP contribution in [0.1, 0.15) is 10.8 Å². The molecule has 0 aliphatic rings. The van der Waals surface area contributed by atoms with E-state index in [4.69, 9.17) is 0 Å². The number of hydrogen-bond donors (Lipinski definition) is 1. The highest BCUT2D eigenvalue weighted by molar-refractivity contribution is 8.00. The molecule has 1 amide bonds. The van der Waals surface area contributed by atoms with E-state index in [-0.39, 0.29) is 11.2 Å². The van der Waals surface area contributed by atoms with E-state index < -0.39 is 0 Å². The summed E-state index contributed by atoms with van der Waals surface area (Å²) in [6, 6.07) is 25.2. The number of rotatable bonds is 6. The summed E-state index contributed by atoms with van der Waals surface area (Å²) in [5, 5.41) is 6.77. The Bertz CT molecular complexity index is 1020. The molecule has 1 N–H and O–H groups in total. The zero-order valence-corrected chi connectivity index (χ0v) is 15.8. The Morgan fingerprint density at radius 3 is 2.32 bits per heavy atom. The van der Waals surface area contributed by atoms with Crippen molar-refractivity contribution in [2.24, 2.45) is 0 Å². The van der Waals surface area contributed by atoms with Gasteiger partial charge in [-0.05, 0) is 35.9 Å². The van der Waals surface area contributed by atoms with E-state index in [0.717, 1.165) is 10.5 Å². The molecular formula is C22H18N4OS. The van der Waals surface area contributed by atoms with Gasteiger partial charge in [0.15, 0.2) is 5.82 Å².